The molecule has 0 radical (unpaired) electrons. The number of hydrogen-bond acceptors (Lipinski definition) is 3. The number of anilines is 1. The molecule has 0 atom stereocenters. The highest BCUT2D eigenvalue weighted by Crippen LogP contribution is 2.27. The zero-order valence-corrected chi connectivity index (χ0v) is 10.7. The van der Waals surface area contributed by atoms with Gasteiger partial charge >= 0.3 is 0 Å². The molecule has 92 valence electrons. The number of halogens is 1. The summed E-state index contributed by atoms with van der Waals surface area (Å²) in [6.45, 7) is 3.13. The quantitative estimate of drug-likeness (QED) is 0.756. The number of para-hydroxylation sites is 1. The first-order chi connectivity index (χ1) is 8.20. The van der Waals surface area contributed by atoms with Gasteiger partial charge in [-0.15, -0.1) is 0 Å². The summed E-state index contributed by atoms with van der Waals surface area (Å²) < 4.78 is 13.9. The van der Waals surface area contributed by atoms with Gasteiger partial charge in [-0.05, 0) is 31.2 Å². The maximum atomic E-state index is 13.9. The van der Waals surface area contributed by atoms with Gasteiger partial charge in [-0.2, -0.15) is 11.8 Å². The molecule has 1 fully saturated rings. The number of thioether (sulfide) groups is 1. The molecule has 0 aliphatic carbocycles. The average Bonchev–Trinajstić information content (AvgIpc) is 2.57. The smallest absolute Gasteiger partial charge is 0.161 e. The summed E-state index contributed by atoms with van der Waals surface area (Å²) in [5, 5.41) is 0. The fraction of sp³-hybridized carbons (Fsp3) is 0.462. The summed E-state index contributed by atoms with van der Waals surface area (Å²) in [7, 11) is 0. The molecule has 1 aromatic carbocycles. The van der Waals surface area contributed by atoms with Gasteiger partial charge in [0.1, 0.15) is 5.82 Å². The molecule has 1 aliphatic heterocycles. The fourth-order valence-electron chi connectivity index (χ4n) is 2.09. The Morgan fingerprint density at radius 2 is 2.18 bits per heavy atom. The van der Waals surface area contributed by atoms with Gasteiger partial charge in [0.25, 0.3) is 0 Å². The Hall–Kier alpha value is -1.03. The van der Waals surface area contributed by atoms with E-state index in [1.54, 1.807) is 12.1 Å². The van der Waals surface area contributed by atoms with Crippen LogP contribution < -0.4 is 4.90 Å². The van der Waals surface area contributed by atoms with E-state index in [-0.39, 0.29) is 11.6 Å². The van der Waals surface area contributed by atoms with Crippen LogP contribution in [0.3, 0.4) is 0 Å². The standard InChI is InChI=1S/C13H16FNOS/c1-10(16)11-4-2-5-12(14)13(11)15-6-3-8-17-9-7-15/h2,4-5H,3,6-9H2,1H3. The van der Waals surface area contributed by atoms with Crippen LogP contribution in [0, 0.1) is 5.82 Å². The van der Waals surface area contributed by atoms with Crippen molar-refractivity contribution in [3.8, 4) is 0 Å². The van der Waals surface area contributed by atoms with E-state index in [4.69, 9.17) is 0 Å². The number of hydrogen-bond donors (Lipinski definition) is 0. The van der Waals surface area contributed by atoms with Crippen molar-refractivity contribution < 1.29 is 9.18 Å². The minimum atomic E-state index is -0.287. The molecular weight excluding hydrogens is 237 g/mol. The Labute approximate surface area is 105 Å². The van der Waals surface area contributed by atoms with Gasteiger partial charge in [0.15, 0.2) is 5.78 Å². The monoisotopic (exact) mass is 253 g/mol. The van der Waals surface area contributed by atoms with Crippen LogP contribution in [0.2, 0.25) is 0 Å². The average molecular weight is 253 g/mol. The molecular formula is C13H16FNOS. The van der Waals surface area contributed by atoms with Crippen molar-refractivity contribution in [1.82, 2.24) is 0 Å². The first-order valence-electron chi connectivity index (χ1n) is 5.82. The SMILES string of the molecule is CC(=O)c1cccc(F)c1N1CCCSCC1. The zero-order chi connectivity index (χ0) is 12.3. The van der Waals surface area contributed by atoms with Crippen LogP contribution >= 0.6 is 11.8 Å². The molecule has 4 heteroatoms. The summed E-state index contributed by atoms with van der Waals surface area (Å²) in [6.07, 6.45) is 1.04. The van der Waals surface area contributed by atoms with E-state index < -0.39 is 0 Å². The van der Waals surface area contributed by atoms with Gasteiger partial charge < -0.3 is 4.90 Å². The molecule has 1 aromatic rings. The number of carbonyl (C=O) groups excluding carboxylic acids is 1. The first-order valence-corrected chi connectivity index (χ1v) is 6.98. The third kappa shape index (κ3) is 2.80. The fourth-order valence-corrected chi connectivity index (χ4v) is 2.98. The maximum Gasteiger partial charge on any atom is 0.161 e. The Morgan fingerprint density at radius 3 is 2.94 bits per heavy atom. The molecule has 17 heavy (non-hydrogen) atoms. The van der Waals surface area contributed by atoms with Crippen molar-refractivity contribution in [3.63, 3.8) is 0 Å². The van der Waals surface area contributed by atoms with Crippen LogP contribution in [0.1, 0.15) is 23.7 Å². The molecule has 2 nitrogen and oxygen atoms in total. The van der Waals surface area contributed by atoms with E-state index in [1.807, 2.05) is 16.7 Å². The number of carbonyl (C=O) groups is 1. The molecule has 1 aliphatic rings. The van der Waals surface area contributed by atoms with Crippen molar-refractivity contribution in [2.75, 3.05) is 29.5 Å². The lowest BCUT2D eigenvalue weighted by Crippen LogP contribution is -2.28. The largest absolute Gasteiger partial charge is 0.368 e. The van der Waals surface area contributed by atoms with Crippen molar-refractivity contribution in [2.24, 2.45) is 0 Å². The summed E-state index contributed by atoms with van der Waals surface area (Å²) >= 11 is 1.89. The van der Waals surface area contributed by atoms with Crippen LogP contribution in [-0.4, -0.2) is 30.4 Å². The van der Waals surface area contributed by atoms with Crippen molar-refractivity contribution >= 4 is 23.2 Å². The van der Waals surface area contributed by atoms with Crippen molar-refractivity contribution in [2.45, 2.75) is 13.3 Å². The maximum absolute atomic E-state index is 13.9. The Balaban J connectivity index is 2.37. The van der Waals surface area contributed by atoms with E-state index in [0.717, 1.165) is 31.0 Å². The molecule has 0 unspecified atom stereocenters. The number of benzene rings is 1. The second-order valence-corrected chi connectivity index (χ2v) is 5.37. The summed E-state index contributed by atoms with van der Waals surface area (Å²) in [5.74, 6) is 1.74. The third-order valence-electron chi connectivity index (χ3n) is 2.90. The summed E-state index contributed by atoms with van der Waals surface area (Å²) in [5.41, 5.74) is 0.986. The second-order valence-electron chi connectivity index (χ2n) is 4.15. The lowest BCUT2D eigenvalue weighted by Gasteiger charge is -2.24. The molecule has 0 spiro atoms. The molecule has 0 bridgehead atoms. The number of rotatable bonds is 2. The summed E-state index contributed by atoms with van der Waals surface area (Å²) in [6, 6.07) is 4.74. The molecule has 1 heterocycles. The molecule has 0 N–H and O–H groups in total. The van der Waals surface area contributed by atoms with E-state index in [9.17, 15) is 9.18 Å². The van der Waals surface area contributed by atoms with Gasteiger partial charge in [0.2, 0.25) is 0 Å². The topological polar surface area (TPSA) is 20.3 Å². The molecule has 0 saturated carbocycles. The third-order valence-corrected chi connectivity index (χ3v) is 3.95. The second kappa shape index (κ2) is 5.54. The molecule has 1 saturated heterocycles. The van der Waals surface area contributed by atoms with Gasteiger partial charge in [-0.1, -0.05) is 6.07 Å². The van der Waals surface area contributed by atoms with E-state index in [2.05, 4.69) is 0 Å². The van der Waals surface area contributed by atoms with Crippen LogP contribution in [-0.2, 0) is 0 Å². The van der Waals surface area contributed by atoms with Crippen LogP contribution in [0.25, 0.3) is 0 Å². The predicted octanol–water partition coefficient (Wildman–Crippen LogP) is 2.97. The number of ketones is 1. The van der Waals surface area contributed by atoms with Crippen LogP contribution in [0.15, 0.2) is 18.2 Å². The lowest BCUT2D eigenvalue weighted by molar-refractivity contribution is 0.101. The Kier molecular flexibility index (Phi) is 4.05. The first kappa shape index (κ1) is 12.4. The molecule has 0 aromatic heterocycles. The van der Waals surface area contributed by atoms with E-state index in [0.29, 0.717) is 11.3 Å². The van der Waals surface area contributed by atoms with Crippen molar-refractivity contribution in [1.29, 1.82) is 0 Å². The van der Waals surface area contributed by atoms with Gasteiger partial charge in [0, 0.05) is 24.4 Å². The van der Waals surface area contributed by atoms with Crippen molar-refractivity contribution in [3.05, 3.63) is 29.6 Å². The van der Waals surface area contributed by atoms with Gasteiger partial charge in [0.05, 0.1) is 5.69 Å². The number of Topliss-reactive ketones (excluding diaryl/α,β-unsaturated/α-hetero) is 1. The minimum absolute atomic E-state index is 0.0728. The number of nitrogens with zero attached hydrogens (tertiary/aromatic N) is 1. The zero-order valence-electron chi connectivity index (χ0n) is 9.91. The van der Waals surface area contributed by atoms with Crippen LogP contribution in [0.4, 0.5) is 10.1 Å². The summed E-state index contributed by atoms with van der Waals surface area (Å²) in [4.78, 5) is 13.6. The lowest BCUT2D eigenvalue weighted by atomic mass is 10.1. The normalized spacial score (nSPS) is 16.7. The highest BCUT2D eigenvalue weighted by molar-refractivity contribution is 7.99. The highest BCUT2D eigenvalue weighted by atomic mass is 32.2. The Morgan fingerprint density at radius 1 is 1.35 bits per heavy atom. The molecule has 0 amide bonds. The van der Waals surface area contributed by atoms with E-state index in [1.165, 1.54) is 13.0 Å². The van der Waals surface area contributed by atoms with E-state index >= 15 is 0 Å². The van der Waals surface area contributed by atoms with Gasteiger partial charge in [-0.25, -0.2) is 4.39 Å². The minimum Gasteiger partial charge on any atom is -0.368 e. The van der Waals surface area contributed by atoms with Crippen LogP contribution in [0.5, 0.6) is 0 Å². The van der Waals surface area contributed by atoms with Gasteiger partial charge in [-0.3, -0.25) is 4.79 Å². The molecule has 2 rings (SSSR count). The highest BCUT2D eigenvalue weighted by Gasteiger charge is 2.19. The Bertz CT molecular complexity index is 414. The predicted molar refractivity (Wildman–Crippen MR) is 70.6 cm³/mol.